The van der Waals surface area contributed by atoms with Crippen LogP contribution in [0.15, 0.2) is 36.8 Å². The molecule has 0 spiro atoms. The lowest BCUT2D eigenvalue weighted by molar-refractivity contribution is 0.0522. The Morgan fingerprint density at radius 1 is 1.39 bits per heavy atom. The molecule has 0 radical (unpaired) electrons. The highest BCUT2D eigenvalue weighted by Gasteiger charge is 2.19. The molecule has 5 heteroatoms. The second-order valence-electron chi connectivity index (χ2n) is 3.48. The number of ether oxygens (including phenoxy) is 1. The van der Waals surface area contributed by atoms with Gasteiger partial charge in [-0.05, 0) is 19.1 Å². The third-order valence-corrected chi connectivity index (χ3v) is 2.35. The molecule has 2 rings (SSSR count). The fraction of sp³-hybridized carbons (Fsp3) is 0.154. The van der Waals surface area contributed by atoms with E-state index in [2.05, 4.69) is 9.97 Å². The molecule has 0 saturated carbocycles. The number of carbonyl (C=O) groups is 1. The van der Waals surface area contributed by atoms with Crippen molar-refractivity contribution in [2.75, 3.05) is 6.61 Å². The summed E-state index contributed by atoms with van der Waals surface area (Å²) >= 11 is 0. The highest BCUT2D eigenvalue weighted by atomic mass is 19.1. The molecule has 1 aromatic heterocycles. The van der Waals surface area contributed by atoms with E-state index in [-0.39, 0.29) is 12.2 Å². The van der Waals surface area contributed by atoms with Crippen molar-refractivity contribution in [3.8, 4) is 11.3 Å². The Labute approximate surface area is 103 Å². The number of hydrogen-bond donors (Lipinski definition) is 0. The van der Waals surface area contributed by atoms with E-state index in [0.29, 0.717) is 11.3 Å². The van der Waals surface area contributed by atoms with Gasteiger partial charge in [0.25, 0.3) is 0 Å². The largest absolute Gasteiger partial charge is 0.462 e. The van der Waals surface area contributed by atoms with E-state index < -0.39 is 11.8 Å². The molecule has 0 N–H and O–H groups in total. The van der Waals surface area contributed by atoms with Gasteiger partial charge in [0.1, 0.15) is 17.7 Å². The van der Waals surface area contributed by atoms with E-state index in [0.717, 1.165) is 0 Å². The van der Waals surface area contributed by atoms with Gasteiger partial charge in [-0.2, -0.15) is 0 Å². The summed E-state index contributed by atoms with van der Waals surface area (Å²) in [5.41, 5.74) is 0.779. The van der Waals surface area contributed by atoms with Crippen LogP contribution in [0.5, 0.6) is 0 Å². The number of halogens is 1. The molecule has 0 saturated heterocycles. The zero-order chi connectivity index (χ0) is 13.0. The molecule has 0 bridgehead atoms. The highest BCUT2D eigenvalue weighted by molar-refractivity contribution is 5.97. The van der Waals surface area contributed by atoms with Gasteiger partial charge < -0.3 is 4.74 Å². The topological polar surface area (TPSA) is 52.1 Å². The van der Waals surface area contributed by atoms with Crippen molar-refractivity contribution in [3.05, 3.63) is 48.2 Å². The SMILES string of the molecule is CCOC(=O)c1c(F)cccc1-c1ccncn1. The predicted molar refractivity (Wildman–Crippen MR) is 63.4 cm³/mol. The van der Waals surface area contributed by atoms with Crippen LogP contribution in [0.4, 0.5) is 4.39 Å². The monoisotopic (exact) mass is 246 g/mol. The second kappa shape index (κ2) is 5.35. The normalized spacial score (nSPS) is 10.1. The first-order chi connectivity index (χ1) is 8.74. The average Bonchev–Trinajstić information content (AvgIpc) is 2.39. The number of hydrogen-bond acceptors (Lipinski definition) is 4. The van der Waals surface area contributed by atoms with Gasteiger partial charge in [0, 0.05) is 11.8 Å². The summed E-state index contributed by atoms with van der Waals surface area (Å²) in [7, 11) is 0. The summed E-state index contributed by atoms with van der Waals surface area (Å²) in [6.07, 6.45) is 2.87. The molecule has 1 aromatic carbocycles. The van der Waals surface area contributed by atoms with Gasteiger partial charge in [0.05, 0.1) is 12.3 Å². The first-order valence-corrected chi connectivity index (χ1v) is 5.46. The Morgan fingerprint density at radius 2 is 2.22 bits per heavy atom. The molecule has 2 aromatic rings. The zero-order valence-corrected chi connectivity index (χ0v) is 9.76. The smallest absolute Gasteiger partial charge is 0.341 e. The number of nitrogens with zero attached hydrogens (tertiary/aromatic N) is 2. The number of rotatable bonds is 3. The summed E-state index contributed by atoms with van der Waals surface area (Å²) in [5.74, 6) is -1.31. The zero-order valence-electron chi connectivity index (χ0n) is 9.76. The predicted octanol–water partition coefficient (Wildman–Crippen LogP) is 2.46. The Hall–Kier alpha value is -2.30. The summed E-state index contributed by atoms with van der Waals surface area (Å²) in [4.78, 5) is 19.5. The van der Waals surface area contributed by atoms with Crippen molar-refractivity contribution >= 4 is 5.97 Å². The van der Waals surface area contributed by atoms with Crippen LogP contribution in [0, 0.1) is 5.82 Å². The molecule has 4 nitrogen and oxygen atoms in total. The highest BCUT2D eigenvalue weighted by Crippen LogP contribution is 2.24. The van der Waals surface area contributed by atoms with Crippen LogP contribution in [0.3, 0.4) is 0 Å². The lowest BCUT2D eigenvalue weighted by Gasteiger charge is -2.08. The molecule has 0 aliphatic carbocycles. The molecule has 0 atom stereocenters. The average molecular weight is 246 g/mol. The Balaban J connectivity index is 2.55. The van der Waals surface area contributed by atoms with Crippen molar-refractivity contribution in [2.45, 2.75) is 6.92 Å². The van der Waals surface area contributed by atoms with Gasteiger partial charge in [-0.15, -0.1) is 0 Å². The molecule has 92 valence electrons. The number of esters is 1. The van der Waals surface area contributed by atoms with E-state index >= 15 is 0 Å². The van der Waals surface area contributed by atoms with E-state index in [1.165, 1.54) is 24.7 Å². The van der Waals surface area contributed by atoms with Gasteiger partial charge in [0.2, 0.25) is 0 Å². The van der Waals surface area contributed by atoms with Crippen LogP contribution in [0.2, 0.25) is 0 Å². The molecule has 0 unspecified atom stereocenters. The van der Waals surface area contributed by atoms with Crippen LogP contribution in [-0.2, 0) is 4.74 Å². The quantitative estimate of drug-likeness (QED) is 0.780. The molecule has 0 aliphatic heterocycles. The van der Waals surface area contributed by atoms with Gasteiger partial charge in [-0.3, -0.25) is 0 Å². The maximum Gasteiger partial charge on any atom is 0.341 e. The van der Waals surface area contributed by atoms with Crippen molar-refractivity contribution in [2.24, 2.45) is 0 Å². The summed E-state index contributed by atoms with van der Waals surface area (Å²) in [6.45, 7) is 1.86. The van der Waals surface area contributed by atoms with Gasteiger partial charge in [0.15, 0.2) is 0 Å². The molecular formula is C13H11FN2O2. The summed E-state index contributed by atoms with van der Waals surface area (Å²) < 4.78 is 18.6. The third-order valence-electron chi connectivity index (χ3n) is 2.35. The van der Waals surface area contributed by atoms with Crippen LogP contribution in [-0.4, -0.2) is 22.5 Å². The molecular weight excluding hydrogens is 235 g/mol. The van der Waals surface area contributed by atoms with Crippen molar-refractivity contribution < 1.29 is 13.9 Å². The minimum atomic E-state index is -0.691. The molecule has 1 heterocycles. The van der Waals surface area contributed by atoms with E-state index in [1.807, 2.05) is 0 Å². The van der Waals surface area contributed by atoms with Gasteiger partial charge in [-0.1, -0.05) is 12.1 Å². The Kier molecular flexibility index (Phi) is 3.62. The van der Waals surface area contributed by atoms with E-state index in [1.54, 1.807) is 19.1 Å². The van der Waals surface area contributed by atoms with Gasteiger partial charge in [-0.25, -0.2) is 19.2 Å². The van der Waals surface area contributed by atoms with E-state index in [4.69, 9.17) is 4.74 Å². The fourth-order valence-corrected chi connectivity index (χ4v) is 1.60. The summed E-state index contributed by atoms with van der Waals surface area (Å²) in [5, 5.41) is 0. The van der Waals surface area contributed by atoms with Crippen LogP contribution < -0.4 is 0 Å². The Bertz CT molecular complexity index is 558. The molecule has 18 heavy (non-hydrogen) atoms. The third kappa shape index (κ3) is 2.34. The second-order valence-corrected chi connectivity index (χ2v) is 3.48. The number of aromatic nitrogens is 2. The van der Waals surface area contributed by atoms with Crippen molar-refractivity contribution in [1.29, 1.82) is 0 Å². The Morgan fingerprint density at radius 3 is 2.89 bits per heavy atom. The van der Waals surface area contributed by atoms with Crippen molar-refractivity contribution in [1.82, 2.24) is 9.97 Å². The minimum Gasteiger partial charge on any atom is -0.462 e. The molecule has 0 aliphatic rings. The van der Waals surface area contributed by atoms with E-state index in [9.17, 15) is 9.18 Å². The first-order valence-electron chi connectivity index (χ1n) is 5.46. The minimum absolute atomic E-state index is 0.0990. The van der Waals surface area contributed by atoms with Crippen LogP contribution in [0.1, 0.15) is 17.3 Å². The van der Waals surface area contributed by atoms with Crippen molar-refractivity contribution in [3.63, 3.8) is 0 Å². The fourth-order valence-electron chi connectivity index (χ4n) is 1.60. The maximum absolute atomic E-state index is 13.8. The first kappa shape index (κ1) is 12.2. The molecule has 0 amide bonds. The van der Waals surface area contributed by atoms with Crippen LogP contribution in [0.25, 0.3) is 11.3 Å². The molecule has 0 fully saturated rings. The number of carbonyl (C=O) groups excluding carboxylic acids is 1. The lowest BCUT2D eigenvalue weighted by Crippen LogP contribution is -2.09. The number of benzene rings is 1. The maximum atomic E-state index is 13.8. The lowest BCUT2D eigenvalue weighted by atomic mass is 10.0. The van der Waals surface area contributed by atoms with Gasteiger partial charge >= 0.3 is 5.97 Å². The summed E-state index contributed by atoms with van der Waals surface area (Å²) in [6, 6.07) is 5.97. The van der Waals surface area contributed by atoms with Crippen LogP contribution >= 0.6 is 0 Å². The standard InChI is InChI=1S/C13H11FN2O2/c1-2-18-13(17)12-9(4-3-5-10(12)14)11-6-7-15-8-16-11/h3-8H,2H2,1H3.